The zero-order valence-electron chi connectivity index (χ0n) is 9.83. The highest BCUT2D eigenvalue weighted by Crippen LogP contribution is 2.20. The van der Waals surface area contributed by atoms with Crippen molar-refractivity contribution in [2.45, 2.75) is 12.8 Å². The van der Waals surface area contributed by atoms with E-state index in [9.17, 15) is 13.6 Å². The average Bonchev–Trinajstić information content (AvgIpc) is 2.83. The van der Waals surface area contributed by atoms with E-state index in [2.05, 4.69) is 15.9 Å². The van der Waals surface area contributed by atoms with Gasteiger partial charge in [-0.1, -0.05) is 28.1 Å². The maximum atomic E-state index is 13.4. The number of likely N-dealkylation sites (tertiary alicyclic amines) is 1. The Bertz CT molecular complexity index is 453. The number of nitrogens with zero attached hydrogens (tertiary/aromatic N) is 1. The molecule has 1 aromatic carbocycles. The van der Waals surface area contributed by atoms with E-state index in [-0.39, 0.29) is 17.9 Å². The van der Waals surface area contributed by atoms with Gasteiger partial charge >= 0.3 is 0 Å². The normalized spacial score (nSPS) is 19.3. The minimum atomic E-state index is -0.915. The van der Waals surface area contributed by atoms with Crippen LogP contribution in [-0.2, 0) is 11.2 Å². The van der Waals surface area contributed by atoms with Crippen molar-refractivity contribution in [3.63, 3.8) is 0 Å². The van der Waals surface area contributed by atoms with Gasteiger partial charge in [0.25, 0.3) is 0 Å². The lowest BCUT2D eigenvalue weighted by atomic mass is 10.1. The largest absolute Gasteiger partial charge is 0.342 e. The Labute approximate surface area is 113 Å². The molecule has 1 aliphatic heterocycles. The second-order valence-electron chi connectivity index (χ2n) is 4.54. The molecule has 1 aliphatic rings. The maximum Gasteiger partial charge on any atom is 0.227 e. The molecular formula is C13H14BrF2NO. The van der Waals surface area contributed by atoms with Crippen molar-refractivity contribution in [3.05, 3.63) is 35.4 Å². The van der Waals surface area contributed by atoms with Crippen molar-refractivity contribution in [2.24, 2.45) is 5.92 Å². The maximum absolute atomic E-state index is 13.4. The molecule has 1 aromatic rings. The summed E-state index contributed by atoms with van der Waals surface area (Å²) in [7, 11) is 0. The lowest BCUT2D eigenvalue weighted by Gasteiger charge is -2.16. The van der Waals surface area contributed by atoms with Crippen molar-refractivity contribution in [3.8, 4) is 0 Å². The third kappa shape index (κ3) is 2.88. The van der Waals surface area contributed by atoms with Gasteiger partial charge in [-0.3, -0.25) is 4.79 Å². The summed E-state index contributed by atoms with van der Waals surface area (Å²) in [5.41, 5.74) is 0.127. The van der Waals surface area contributed by atoms with E-state index in [1.54, 1.807) is 4.90 Å². The predicted octanol–water partition coefficient (Wildman–Crippen LogP) is 2.75. The highest BCUT2D eigenvalue weighted by atomic mass is 79.9. The molecule has 18 heavy (non-hydrogen) atoms. The monoisotopic (exact) mass is 317 g/mol. The lowest BCUT2D eigenvalue weighted by molar-refractivity contribution is -0.129. The summed E-state index contributed by atoms with van der Waals surface area (Å²) >= 11 is 3.39. The lowest BCUT2D eigenvalue weighted by Crippen LogP contribution is -2.30. The fraction of sp³-hybridized carbons (Fsp3) is 0.462. The summed E-state index contributed by atoms with van der Waals surface area (Å²) in [5.74, 6) is -1.49. The minimum Gasteiger partial charge on any atom is -0.342 e. The van der Waals surface area contributed by atoms with E-state index in [1.807, 2.05) is 0 Å². The summed E-state index contributed by atoms with van der Waals surface area (Å²) in [6.07, 6.45) is 0.890. The van der Waals surface area contributed by atoms with Gasteiger partial charge in [0, 0.05) is 24.0 Å². The van der Waals surface area contributed by atoms with Crippen LogP contribution in [0.5, 0.6) is 0 Å². The van der Waals surface area contributed by atoms with Crippen LogP contribution in [0.1, 0.15) is 12.0 Å². The molecule has 1 amide bonds. The SMILES string of the molecule is O=C(Cc1cccc(F)c1F)N1CCC(CBr)C1. The standard InChI is InChI=1S/C13H14BrF2NO/c14-7-9-4-5-17(8-9)12(18)6-10-2-1-3-11(15)13(10)16/h1-3,9H,4-8H2. The van der Waals surface area contributed by atoms with Gasteiger partial charge in [0.1, 0.15) is 0 Å². The molecule has 5 heteroatoms. The van der Waals surface area contributed by atoms with Crippen LogP contribution in [0.3, 0.4) is 0 Å². The van der Waals surface area contributed by atoms with Gasteiger partial charge in [0.15, 0.2) is 11.6 Å². The van der Waals surface area contributed by atoms with Crippen LogP contribution in [-0.4, -0.2) is 29.2 Å². The first kappa shape index (κ1) is 13.5. The van der Waals surface area contributed by atoms with Crippen molar-refractivity contribution < 1.29 is 13.6 Å². The van der Waals surface area contributed by atoms with E-state index >= 15 is 0 Å². The van der Waals surface area contributed by atoms with Crippen LogP contribution in [0.15, 0.2) is 18.2 Å². The molecule has 1 unspecified atom stereocenters. The van der Waals surface area contributed by atoms with Gasteiger partial charge in [0.05, 0.1) is 6.42 Å². The van der Waals surface area contributed by atoms with Crippen molar-refractivity contribution in [1.82, 2.24) is 4.90 Å². The Balaban J connectivity index is 2.01. The average molecular weight is 318 g/mol. The Morgan fingerprint density at radius 2 is 2.22 bits per heavy atom. The molecular weight excluding hydrogens is 304 g/mol. The van der Waals surface area contributed by atoms with Crippen LogP contribution >= 0.6 is 15.9 Å². The number of carbonyl (C=O) groups is 1. The first-order valence-corrected chi connectivity index (χ1v) is 7.00. The molecule has 1 fully saturated rings. The second kappa shape index (κ2) is 5.78. The number of rotatable bonds is 3. The number of halogens is 3. The molecule has 0 radical (unpaired) electrons. The quantitative estimate of drug-likeness (QED) is 0.785. The van der Waals surface area contributed by atoms with Gasteiger partial charge in [-0.25, -0.2) is 8.78 Å². The predicted molar refractivity (Wildman–Crippen MR) is 68.5 cm³/mol. The minimum absolute atomic E-state index is 0.0708. The van der Waals surface area contributed by atoms with Gasteiger partial charge in [0.2, 0.25) is 5.91 Å². The number of hydrogen-bond acceptors (Lipinski definition) is 1. The Morgan fingerprint density at radius 1 is 1.44 bits per heavy atom. The molecule has 0 aliphatic carbocycles. The van der Waals surface area contributed by atoms with E-state index in [1.165, 1.54) is 12.1 Å². The number of carbonyl (C=O) groups excluding carboxylic acids is 1. The molecule has 2 nitrogen and oxygen atoms in total. The molecule has 98 valence electrons. The van der Waals surface area contributed by atoms with Gasteiger partial charge in [-0.2, -0.15) is 0 Å². The van der Waals surface area contributed by atoms with Crippen LogP contribution < -0.4 is 0 Å². The fourth-order valence-corrected chi connectivity index (χ4v) is 2.67. The van der Waals surface area contributed by atoms with Crippen molar-refractivity contribution in [2.75, 3.05) is 18.4 Å². The molecule has 1 heterocycles. The van der Waals surface area contributed by atoms with E-state index in [4.69, 9.17) is 0 Å². The zero-order chi connectivity index (χ0) is 13.1. The van der Waals surface area contributed by atoms with Crippen molar-refractivity contribution in [1.29, 1.82) is 0 Å². The number of benzene rings is 1. The van der Waals surface area contributed by atoms with E-state index < -0.39 is 11.6 Å². The molecule has 1 atom stereocenters. The van der Waals surface area contributed by atoms with Gasteiger partial charge in [-0.05, 0) is 18.4 Å². The number of alkyl halides is 1. The van der Waals surface area contributed by atoms with Gasteiger partial charge < -0.3 is 4.90 Å². The third-order valence-corrected chi connectivity index (χ3v) is 4.15. The zero-order valence-corrected chi connectivity index (χ0v) is 11.4. The van der Waals surface area contributed by atoms with Crippen LogP contribution in [0.4, 0.5) is 8.78 Å². The van der Waals surface area contributed by atoms with E-state index in [0.717, 1.165) is 17.8 Å². The van der Waals surface area contributed by atoms with Crippen LogP contribution in [0.2, 0.25) is 0 Å². The molecule has 0 aromatic heterocycles. The number of amides is 1. The highest BCUT2D eigenvalue weighted by molar-refractivity contribution is 9.09. The molecule has 0 spiro atoms. The summed E-state index contributed by atoms with van der Waals surface area (Å²) in [4.78, 5) is 13.7. The number of hydrogen-bond donors (Lipinski definition) is 0. The van der Waals surface area contributed by atoms with Gasteiger partial charge in [-0.15, -0.1) is 0 Å². The first-order chi connectivity index (χ1) is 8.61. The summed E-state index contributed by atoms with van der Waals surface area (Å²) < 4.78 is 26.5. The Morgan fingerprint density at radius 3 is 2.89 bits per heavy atom. The second-order valence-corrected chi connectivity index (χ2v) is 5.19. The Hall–Kier alpha value is -0.970. The summed E-state index contributed by atoms with van der Waals surface area (Å²) in [5, 5.41) is 0.866. The van der Waals surface area contributed by atoms with Crippen LogP contribution in [0.25, 0.3) is 0 Å². The highest BCUT2D eigenvalue weighted by Gasteiger charge is 2.26. The summed E-state index contributed by atoms with van der Waals surface area (Å²) in [6, 6.07) is 3.93. The third-order valence-electron chi connectivity index (χ3n) is 3.23. The molecule has 2 rings (SSSR count). The van der Waals surface area contributed by atoms with Crippen molar-refractivity contribution >= 4 is 21.8 Å². The Kier molecular flexibility index (Phi) is 4.32. The molecule has 0 bridgehead atoms. The fourth-order valence-electron chi connectivity index (χ4n) is 2.14. The van der Waals surface area contributed by atoms with Crippen LogP contribution in [0, 0.1) is 17.6 Å². The van der Waals surface area contributed by atoms with E-state index in [0.29, 0.717) is 19.0 Å². The summed E-state index contributed by atoms with van der Waals surface area (Å²) in [6.45, 7) is 1.40. The topological polar surface area (TPSA) is 20.3 Å². The molecule has 0 saturated carbocycles. The smallest absolute Gasteiger partial charge is 0.227 e. The molecule has 0 N–H and O–H groups in total. The molecule has 1 saturated heterocycles. The first-order valence-electron chi connectivity index (χ1n) is 5.88.